The van der Waals surface area contributed by atoms with E-state index in [1.807, 2.05) is 14.1 Å². The van der Waals surface area contributed by atoms with Crippen molar-refractivity contribution in [3.63, 3.8) is 0 Å². The lowest BCUT2D eigenvalue weighted by molar-refractivity contribution is 0.0690. The fourth-order valence-corrected chi connectivity index (χ4v) is 1.27. The van der Waals surface area contributed by atoms with Gasteiger partial charge in [-0.1, -0.05) is 0 Å². The summed E-state index contributed by atoms with van der Waals surface area (Å²) >= 11 is 0. The molecular weight excluding hydrogens is 196 g/mol. The standard InChI is InChI=1S/C9H16N4O2/c1-12(2)4-3-5-13-6-7(10)8(11-13)9(14)15/h6H,3-5,10H2,1-2H3,(H,14,15). The van der Waals surface area contributed by atoms with Crippen LogP contribution >= 0.6 is 0 Å². The van der Waals surface area contributed by atoms with Crippen molar-refractivity contribution in [3.05, 3.63) is 11.9 Å². The quantitative estimate of drug-likeness (QED) is 0.724. The van der Waals surface area contributed by atoms with Gasteiger partial charge in [0, 0.05) is 12.7 Å². The minimum absolute atomic E-state index is 0.0696. The van der Waals surface area contributed by atoms with Gasteiger partial charge in [0.15, 0.2) is 5.69 Å². The molecule has 1 rings (SSSR count). The van der Waals surface area contributed by atoms with E-state index in [0.717, 1.165) is 13.0 Å². The Kier molecular flexibility index (Phi) is 3.68. The first-order chi connectivity index (χ1) is 7.00. The summed E-state index contributed by atoms with van der Waals surface area (Å²) in [6, 6.07) is 0. The van der Waals surface area contributed by atoms with Crippen LogP contribution in [0.25, 0.3) is 0 Å². The fourth-order valence-electron chi connectivity index (χ4n) is 1.27. The molecule has 0 fully saturated rings. The molecule has 0 amide bonds. The van der Waals surface area contributed by atoms with Gasteiger partial charge in [-0.3, -0.25) is 4.68 Å². The van der Waals surface area contributed by atoms with Gasteiger partial charge in [-0.15, -0.1) is 0 Å². The molecule has 0 bridgehead atoms. The monoisotopic (exact) mass is 212 g/mol. The Morgan fingerprint density at radius 3 is 2.80 bits per heavy atom. The number of rotatable bonds is 5. The number of aryl methyl sites for hydroxylation is 1. The molecule has 0 spiro atoms. The number of aromatic nitrogens is 2. The maximum Gasteiger partial charge on any atom is 0.358 e. The van der Waals surface area contributed by atoms with Crippen LogP contribution in [0.4, 0.5) is 5.69 Å². The van der Waals surface area contributed by atoms with E-state index in [0.29, 0.717) is 6.54 Å². The molecule has 0 aliphatic carbocycles. The van der Waals surface area contributed by atoms with Crippen LogP contribution in [0.2, 0.25) is 0 Å². The van der Waals surface area contributed by atoms with Crippen molar-refractivity contribution in [1.29, 1.82) is 0 Å². The van der Waals surface area contributed by atoms with Crippen LogP contribution in [0.1, 0.15) is 16.9 Å². The summed E-state index contributed by atoms with van der Waals surface area (Å²) in [7, 11) is 3.97. The predicted molar refractivity (Wildman–Crippen MR) is 56.8 cm³/mol. The first-order valence-corrected chi connectivity index (χ1v) is 4.71. The zero-order valence-corrected chi connectivity index (χ0v) is 8.97. The van der Waals surface area contributed by atoms with E-state index in [2.05, 4.69) is 10.00 Å². The van der Waals surface area contributed by atoms with Crippen molar-refractivity contribution in [2.75, 3.05) is 26.4 Å². The molecule has 3 N–H and O–H groups in total. The summed E-state index contributed by atoms with van der Waals surface area (Å²) in [6.07, 6.45) is 2.46. The molecule has 1 heterocycles. The number of carbonyl (C=O) groups is 1. The van der Waals surface area contributed by atoms with Crippen LogP contribution in [0, 0.1) is 0 Å². The van der Waals surface area contributed by atoms with Gasteiger partial charge < -0.3 is 15.7 Å². The SMILES string of the molecule is CN(C)CCCn1cc(N)c(C(=O)O)n1. The van der Waals surface area contributed by atoms with Crippen LogP contribution < -0.4 is 5.73 Å². The normalized spacial score (nSPS) is 10.9. The largest absolute Gasteiger partial charge is 0.476 e. The van der Waals surface area contributed by atoms with Gasteiger partial charge in [0.05, 0.1) is 5.69 Å². The molecule has 0 unspecified atom stereocenters. The zero-order chi connectivity index (χ0) is 11.4. The molecular formula is C9H16N4O2. The van der Waals surface area contributed by atoms with Crippen LogP contribution in [-0.4, -0.2) is 46.4 Å². The molecule has 84 valence electrons. The number of anilines is 1. The molecule has 0 aliphatic heterocycles. The fraction of sp³-hybridized carbons (Fsp3) is 0.556. The highest BCUT2D eigenvalue weighted by Gasteiger charge is 2.12. The molecule has 0 saturated heterocycles. The molecule has 0 aliphatic rings. The van der Waals surface area contributed by atoms with Gasteiger partial charge in [-0.2, -0.15) is 5.10 Å². The van der Waals surface area contributed by atoms with E-state index >= 15 is 0 Å². The average molecular weight is 212 g/mol. The highest BCUT2D eigenvalue weighted by molar-refractivity contribution is 5.91. The minimum atomic E-state index is -1.08. The van der Waals surface area contributed by atoms with E-state index in [1.165, 1.54) is 0 Å². The van der Waals surface area contributed by atoms with Gasteiger partial charge in [-0.25, -0.2) is 4.79 Å². The Hall–Kier alpha value is -1.56. The summed E-state index contributed by atoms with van der Waals surface area (Å²) in [5, 5.41) is 12.6. The van der Waals surface area contributed by atoms with Crippen LogP contribution in [0.3, 0.4) is 0 Å². The topological polar surface area (TPSA) is 84.4 Å². The Morgan fingerprint density at radius 1 is 1.67 bits per heavy atom. The second kappa shape index (κ2) is 4.79. The Morgan fingerprint density at radius 2 is 2.33 bits per heavy atom. The Labute approximate surface area is 88.3 Å². The van der Waals surface area contributed by atoms with E-state index in [4.69, 9.17) is 10.8 Å². The molecule has 0 aromatic carbocycles. The van der Waals surface area contributed by atoms with Gasteiger partial charge in [-0.05, 0) is 27.1 Å². The average Bonchev–Trinajstić information content (AvgIpc) is 2.46. The maximum atomic E-state index is 10.7. The van der Waals surface area contributed by atoms with Crippen molar-refractivity contribution < 1.29 is 9.90 Å². The number of nitrogen functional groups attached to an aromatic ring is 1. The summed E-state index contributed by atoms with van der Waals surface area (Å²) in [6.45, 7) is 1.61. The zero-order valence-electron chi connectivity index (χ0n) is 8.97. The van der Waals surface area contributed by atoms with Crippen LogP contribution in [0.5, 0.6) is 0 Å². The summed E-state index contributed by atoms with van der Waals surface area (Å²) in [5.74, 6) is -1.08. The third-order valence-corrected chi connectivity index (χ3v) is 1.99. The second-order valence-electron chi connectivity index (χ2n) is 3.66. The van der Waals surface area contributed by atoms with Gasteiger partial charge in [0.2, 0.25) is 0 Å². The highest BCUT2D eigenvalue weighted by atomic mass is 16.4. The molecule has 0 saturated carbocycles. The first kappa shape index (κ1) is 11.5. The molecule has 1 aromatic rings. The molecule has 0 atom stereocenters. The maximum absolute atomic E-state index is 10.7. The van der Waals surface area contributed by atoms with Crippen LogP contribution in [-0.2, 0) is 6.54 Å². The number of hydrogen-bond donors (Lipinski definition) is 2. The Balaban J connectivity index is 2.56. The molecule has 0 radical (unpaired) electrons. The first-order valence-electron chi connectivity index (χ1n) is 4.71. The molecule has 6 heteroatoms. The third kappa shape index (κ3) is 3.25. The number of nitrogens with two attached hydrogens (primary N) is 1. The molecule has 6 nitrogen and oxygen atoms in total. The lowest BCUT2D eigenvalue weighted by Gasteiger charge is -2.08. The lowest BCUT2D eigenvalue weighted by Crippen LogP contribution is -2.15. The third-order valence-electron chi connectivity index (χ3n) is 1.99. The van der Waals surface area contributed by atoms with E-state index in [9.17, 15) is 4.79 Å². The summed E-state index contributed by atoms with van der Waals surface area (Å²) < 4.78 is 1.57. The predicted octanol–water partition coefficient (Wildman–Crippen LogP) is 0.115. The van der Waals surface area contributed by atoms with E-state index in [1.54, 1.807) is 10.9 Å². The van der Waals surface area contributed by atoms with Crippen molar-refractivity contribution >= 4 is 11.7 Å². The second-order valence-corrected chi connectivity index (χ2v) is 3.66. The summed E-state index contributed by atoms with van der Waals surface area (Å²) in [5.41, 5.74) is 5.64. The number of carboxylic acid groups (broad SMARTS) is 1. The summed E-state index contributed by atoms with van der Waals surface area (Å²) in [4.78, 5) is 12.7. The number of nitrogens with zero attached hydrogens (tertiary/aromatic N) is 3. The highest BCUT2D eigenvalue weighted by Crippen LogP contribution is 2.08. The van der Waals surface area contributed by atoms with E-state index in [-0.39, 0.29) is 11.4 Å². The number of aromatic carboxylic acids is 1. The molecule has 15 heavy (non-hydrogen) atoms. The van der Waals surface area contributed by atoms with Gasteiger partial charge >= 0.3 is 5.97 Å². The number of carboxylic acids is 1. The van der Waals surface area contributed by atoms with Crippen LogP contribution in [0.15, 0.2) is 6.20 Å². The van der Waals surface area contributed by atoms with E-state index < -0.39 is 5.97 Å². The Bertz CT molecular complexity index is 346. The lowest BCUT2D eigenvalue weighted by atomic mass is 10.4. The van der Waals surface area contributed by atoms with Gasteiger partial charge in [0.25, 0.3) is 0 Å². The molecule has 1 aromatic heterocycles. The van der Waals surface area contributed by atoms with Crippen molar-refractivity contribution in [2.45, 2.75) is 13.0 Å². The minimum Gasteiger partial charge on any atom is -0.476 e. The van der Waals surface area contributed by atoms with Crippen molar-refractivity contribution in [3.8, 4) is 0 Å². The number of hydrogen-bond acceptors (Lipinski definition) is 4. The van der Waals surface area contributed by atoms with Gasteiger partial charge in [0.1, 0.15) is 0 Å². The van der Waals surface area contributed by atoms with Crippen molar-refractivity contribution in [1.82, 2.24) is 14.7 Å². The van der Waals surface area contributed by atoms with Crippen molar-refractivity contribution in [2.24, 2.45) is 0 Å². The smallest absolute Gasteiger partial charge is 0.358 e.